The van der Waals surface area contributed by atoms with Crippen LogP contribution in [0, 0.1) is 5.92 Å². The first kappa shape index (κ1) is 11.7. The van der Waals surface area contributed by atoms with Crippen LogP contribution in [0.25, 0.3) is 0 Å². The standard InChI is InChI=1S/C12H17NO2/c1-9(10(2)14)12(15)13-8-11-6-4-3-5-7-11/h3-7,9-10,14H,8H2,1-2H3,(H,13,15)/t9-,10-/m1/s1. The van der Waals surface area contributed by atoms with E-state index < -0.39 is 6.10 Å². The average molecular weight is 207 g/mol. The molecule has 0 aliphatic carbocycles. The van der Waals surface area contributed by atoms with Gasteiger partial charge in [-0.15, -0.1) is 0 Å². The Bertz CT molecular complexity index is 309. The van der Waals surface area contributed by atoms with Crippen molar-refractivity contribution in [1.82, 2.24) is 5.32 Å². The fraction of sp³-hybridized carbons (Fsp3) is 0.417. The van der Waals surface area contributed by atoms with Crippen LogP contribution in [0.2, 0.25) is 0 Å². The first-order valence-electron chi connectivity index (χ1n) is 5.11. The topological polar surface area (TPSA) is 49.3 Å². The molecule has 0 aliphatic heterocycles. The van der Waals surface area contributed by atoms with Crippen molar-refractivity contribution in [1.29, 1.82) is 0 Å². The van der Waals surface area contributed by atoms with E-state index in [1.807, 2.05) is 30.3 Å². The number of aliphatic hydroxyl groups excluding tert-OH is 1. The van der Waals surface area contributed by atoms with Gasteiger partial charge in [0.05, 0.1) is 12.0 Å². The predicted molar refractivity (Wildman–Crippen MR) is 59.1 cm³/mol. The molecule has 1 aromatic carbocycles. The highest BCUT2D eigenvalue weighted by Crippen LogP contribution is 2.03. The van der Waals surface area contributed by atoms with E-state index in [0.29, 0.717) is 6.54 Å². The smallest absolute Gasteiger partial charge is 0.225 e. The number of carbonyl (C=O) groups excluding carboxylic acids is 1. The van der Waals surface area contributed by atoms with E-state index in [0.717, 1.165) is 5.56 Å². The number of nitrogens with one attached hydrogen (secondary N) is 1. The Hall–Kier alpha value is -1.35. The van der Waals surface area contributed by atoms with Crippen molar-refractivity contribution in [3.8, 4) is 0 Å². The summed E-state index contributed by atoms with van der Waals surface area (Å²) >= 11 is 0. The molecule has 3 nitrogen and oxygen atoms in total. The van der Waals surface area contributed by atoms with E-state index in [9.17, 15) is 9.90 Å². The molecule has 2 atom stereocenters. The molecule has 1 aromatic rings. The summed E-state index contributed by atoms with van der Waals surface area (Å²) in [5.41, 5.74) is 1.06. The highest BCUT2D eigenvalue weighted by molar-refractivity contribution is 5.78. The quantitative estimate of drug-likeness (QED) is 0.782. The summed E-state index contributed by atoms with van der Waals surface area (Å²) < 4.78 is 0. The summed E-state index contributed by atoms with van der Waals surface area (Å²) in [6.07, 6.45) is -0.610. The van der Waals surface area contributed by atoms with Gasteiger partial charge in [0, 0.05) is 6.54 Å². The van der Waals surface area contributed by atoms with Crippen LogP contribution in [0.5, 0.6) is 0 Å². The lowest BCUT2D eigenvalue weighted by Gasteiger charge is -2.14. The zero-order valence-corrected chi connectivity index (χ0v) is 9.10. The van der Waals surface area contributed by atoms with Crippen molar-refractivity contribution in [3.05, 3.63) is 35.9 Å². The van der Waals surface area contributed by atoms with Crippen molar-refractivity contribution in [2.75, 3.05) is 0 Å². The minimum absolute atomic E-state index is 0.117. The van der Waals surface area contributed by atoms with Gasteiger partial charge in [0.2, 0.25) is 5.91 Å². The van der Waals surface area contributed by atoms with Gasteiger partial charge in [0.15, 0.2) is 0 Å². The molecule has 0 unspecified atom stereocenters. The largest absolute Gasteiger partial charge is 0.393 e. The maximum Gasteiger partial charge on any atom is 0.225 e. The lowest BCUT2D eigenvalue weighted by atomic mass is 10.1. The molecular formula is C12H17NO2. The third-order valence-electron chi connectivity index (χ3n) is 2.45. The lowest BCUT2D eigenvalue weighted by Crippen LogP contribution is -2.34. The van der Waals surface area contributed by atoms with Crippen LogP contribution >= 0.6 is 0 Å². The number of benzene rings is 1. The summed E-state index contributed by atoms with van der Waals surface area (Å²) in [5.74, 6) is -0.484. The lowest BCUT2D eigenvalue weighted by molar-refractivity contribution is -0.127. The number of aliphatic hydroxyl groups is 1. The molecule has 0 saturated carbocycles. The van der Waals surface area contributed by atoms with Gasteiger partial charge in [-0.3, -0.25) is 4.79 Å². The van der Waals surface area contributed by atoms with Crippen LogP contribution in [0.3, 0.4) is 0 Å². The summed E-state index contributed by atoms with van der Waals surface area (Å²) in [4.78, 5) is 11.5. The van der Waals surface area contributed by atoms with E-state index in [1.165, 1.54) is 0 Å². The van der Waals surface area contributed by atoms with Crippen molar-refractivity contribution >= 4 is 5.91 Å². The molecule has 1 amide bonds. The molecule has 82 valence electrons. The van der Waals surface area contributed by atoms with Crippen molar-refractivity contribution in [2.45, 2.75) is 26.5 Å². The highest BCUT2D eigenvalue weighted by Gasteiger charge is 2.17. The van der Waals surface area contributed by atoms with Crippen LogP contribution in [0.15, 0.2) is 30.3 Å². The average Bonchev–Trinajstić information content (AvgIpc) is 2.26. The van der Waals surface area contributed by atoms with Crippen LogP contribution in [0.4, 0.5) is 0 Å². The molecule has 3 heteroatoms. The third kappa shape index (κ3) is 3.72. The Morgan fingerprint density at radius 2 is 1.93 bits per heavy atom. The first-order chi connectivity index (χ1) is 7.11. The fourth-order valence-electron chi connectivity index (χ4n) is 1.17. The number of carbonyl (C=O) groups is 1. The molecule has 0 spiro atoms. The zero-order chi connectivity index (χ0) is 11.3. The summed E-state index contributed by atoms with van der Waals surface area (Å²) in [7, 11) is 0. The van der Waals surface area contributed by atoms with Gasteiger partial charge in [-0.25, -0.2) is 0 Å². The monoisotopic (exact) mass is 207 g/mol. The summed E-state index contributed by atoms with van der Waals surface area (Å²) in [6, 6.07) is 9.70. The van der Waals surface area contributed by atoms with E-state index in [-0.39, 0.29) is 11.8 Å². The summed E-state index contributed by atoms with van der Waals surface area (Å²) in [5, 5.41) is 12.0. The van der Waals surface area contributed by atoms with E-state index in [2.05, 4.69) is 5.32 Å². The van der Waals surface area contributed by atoms with Gasteiger partial charge < -0.3 is 10.4 Å². The second-order valence-electron chi connectivity index (χ2n) is 3.73. The van der Waals surface area contributed by atoms with E-state index in [4.69, 9.17) is 0 Å². The Kier molecular flexibility index (Phi) is 4.31. The molecular weight excluding hydrogens is 190 g/mol. The number of hydrogen-bond acceptors (Lipinski definition) is 2. The van der Waals surface area contributed by atoms with Crippen LogP contribution in [-0.4, -0.2) is 17.1 Å². The van der Waals surface area contributed by atoms with Gasteiger partial charge in [-0.1, -0.05) is 37.3 Å². The predicted octanol–water partition coefficient (Wildman–Crippen LogP) is 1.32. The van der Waals surface area contributed by atoms with Crippen molar-refractivity contribution in [2.24, 2.45) is 5.92 Å². The van der Waals surface area contributed by atoms with Gasteiger partial charge in [0.1, 0.15) is 0 Å². The normalized spacial score (nSPS) is 14.3. The molecule has 0 aromatic heterocycles. The van der Waals surface area contributed by atoms with Crippen molar-refractivity contribution < 1.29 is 9.90 Å². The SMILES string of the molecule is C[C@@H](O)[C@@H](C)C(=O)NCc1ccccc1. The second-order valence-corrected chi connectivity index (χ2v) is 3.73. The Balaban J connectivity index is 2.41. The minimum atomic E-state index is -0.610. The van der Waals surface area contributed by atoms with Gasteiger partial charge in [0.25, 0.3) is 0 Å². The molecule has 0 saturated heterocycles. The highest BCUT2D eigenvalue weighted by atomic mass is 16.3. The maximum absolute atomic E-state index is 11.5. The molecule has 0 heterocycles. The Morgan fingerprint density at radius 3 is 2.47 bits per heavy atom. The molecule has 0 aliphatic rings. The maximum atomic E-state index is 11.5. The van der Waals surface area contributed by atoms with E-state index in [1.54, 1.807) is 13.8 Å². The van der Waals surface area contributed by atoms with Crippen LogP contribution < -0.4 is 5.32 Å². The van der Waals surface area contributed by atoms with Gasteiger partial charge >= 0.3 is 0 Å². The summed E-state index contributed by atoms with van der Waals surface area (Å²) in [6.45, 7) is 3.84. The van der Waals surface area contributed by atoms with Crippen molar-refractivity contribution in [3.63, 3.8) is 0 Å². The van der Waals surface area contributed by atoms with E-state index >= 15 is 0 Å². The fourth-order valence-corrected chi connectivity index (χ4v) is 1.17. The Labute approximate surface area is 90.1 Å². The molecule has 2 N–H and O–H groups in total. The van der Waals surface area contributed by atoms with Crippen LogP contribution in [-0.2, 0) is 11.3 Å². The molecule has 0 bridgehead atoms. The number of rotatable bonds is 4. The first-order valence-corrected chi connectivity index (χ1v) is 5.11. The third-order valence-corrected chi connectivity index (χ3v) is 2.45. The molecule has 0 fully saturated rings. The minimum Gasteiger partial charge on any atom is -0.393 e. The number of hydrogen-bond donors (Lipinski definition) is 2. The molecule has 1 rings (SSSR count). The molecule has 0 radical (unpaired) electrons. The van der Waals surface area contributed by atoms with Gasteiger partial charge in [-0.05, 0) is 12.5 Å². The molecule has 15 heavy (non-hydrogen) atoms. The number of amides is 1. The van der Waals surface area contributed by atoms with Gasteiger partial charge in [-0.2, -0.15) is 0 Å². The Morgan fingerprint density at radius 1 is 1.33 bits per heavy atom. The zero-order valence-electron chi connectivity index (χ0n) is 9.10. The second kappa shape index (κ2) is 5.51. The van der Waals surface area contributed by atoms with Crippen LogP contribution in [0.1, 0.15) is 19.4 Å².